The maximum Gasteiger partial charge on any atom is 0.247 e. The van der Waals surface area contributed by atoms with Gasteiger partial charge in [0.25, 0.3) is 0 Å². The van der Waals surface area contributed by atoms with Crippen molar-refractivity contribution in [3.05, 3.63) is 135 Å². The predicted octanol–water partition coefficient (Wildman–Crippen LogP) is 5.58. The van der Waals surface area contributed by atoms with Gasteiger partial charge in [0.1, 0.15) is 18.7 Å². The van der Waals surface area contributed by atoms with Gasteiger partial charge in [0.15, 0.2) is 0 Å². The molecule has 0 saturated carbocycles. The Morgan fingerprint density at radius 2 is 1.70 bits per heavy atom. The third-order valence-electron chi connectivity index (χ3n) is 7.95. The van der Waals surface area contributed by atoms with Crippen molar-refractivity contribution in [2.75, 3.05) is 6.54 Å². The summed E-state index contributed by atoms with van der Waals surface area (Å²) in [7, 11) is 0. The minimum absolute atomic E-state index is 0.0471. The largest absolute Gasteiger partial charge is 0.336 e. The van der Waals surface area contributed by atoms with E-state index in [-0.39, 0.29) is 18.4 Å². The third kappa shape index (κ3) is 6.68. The van der Waals surface area contributed by atoms with Gasteiger partial charge in [-0.25, -0.2) is 14.6 Å². The number of carbonyl (C=O) groups is 2. The molecule has 44 heavy (non-hydrogen) atoms. The van der Waals surface area contributed by atoms with Crippen molar-refractivity contribution in [3.63, 3.8) is 0 Å². The lowest BCUT2D eigenvalue weighted by molar-refractivity contribution is -0.144. The van der Waals surface area contributed by atoms with E-state index in [0.717, 1.165) is 44.4 Å². The summed E-state index contributed by atoms with van der Waals surface area (Å²) in [6, 6.07) is 25.3. The Hall–Kier alpha value is -4.89. The van der Waals surface area contributed by atoms with Crippen LogP contribution in [0.5, 0.6) is 0 Å². The molecule has 0 N–H and O–H groups in total. The smallest absolute Gasteiger partial charge is 0.247 e. The van der Waals surface area contributed by atoms with E-state index >= 15 is 0 Å². The number of carbonyl (C=O) groups excluding carboxylic acids is 2. The van der Waals surface area contributed by atoms with Crippen LogP contribution in [-0.2, 0) is 35.5 Å². The number of aryl methyl sites for hydroxylation is 2. The molecule has 8 nitrogen and oxygen atoms in total. The van der Waals surface area contributed by atoms with Crippen molar-refractivity contribution in [1.29, 1.82) is 0 Å². The minimum atomic E-state index is -0.695. The molecule has 1 atom stereocenters. The van der Waals surface area contributed by atoms with Crippen molar-refractivity contribution >= 4 is 29.2 Å². The van der Waals surface area contributed by atoms with Crippen molar-refractivity contribution < 1.29 is 9.59 Å². The Bertz CT molecular complexity index is 1760. The van der Waals surface area contributed by atoms with Crippen LogP contribution in [0, 0.1) is 13.8 Å². The van der Waals surface area contributed by atoms with Crippen molar-refractivity contribution in [2.45, 2.75) is 45.8 Å². The average molecular weight is 603 g/mol. The molecule has 6 rings (SSSR count). The highest BCUT2D eigenvalue weighted by molar-refractivity contribution is 7.12. The Kier molecular flexibility index (Phi) is 8.74. The van der Waals surface area contributed by atoms with Crippen LogP contribution in [0.2, 0.25) is 0 Å². The van der Waals surface area contributed by atoms with Gasteiger partial charge >= 0.3 is 0 Å². The zero-order valence-electron chi connectivity index (χ0n) is 24.8. The second kappa shape index (κ2) is 13.2. The van der Waals surface area contributed by atoms with Gasteiger partial charge in [-0.05, 0) is 60.7 Å². The van der Waals surface area contributed by atoms with Gasteiger partial charge in [-0.15, -0.1) is 11.3 Å². The SMILES string of the molecule is Cc1nc(C)c(C=CC(=O)N(Cc2ccc(-n3cncn3)cc2)C(Cc2ccccc2)C(=O)N2CCc3ccccc3C2)s1. The highest BCUT2D eigenvalue weighted by Crippen LogP contribution is 2.24. The number of rotatable bonds is 9. The maximum absolute atomic E-state index is 14.5. The molecule has 222 valence electrons. The lowest BCUT2D eigenvalue weighted by Gasteiger charge is -2.37. The quantitative estimate of drug-likeness (QED) is 0.206. The Morgan fingerprint density at radius 3 is 2.41 bits per heavy atom. The minimum Gasteiger partial charge on any atom is -0.336 e. The van der Waals surface area contributed by atoms with Gasteiger partial charge in [0, 0.05) is 32.1 Å². The highest BCUT2D eigenvalue weighted by atomic mass is 32.1. The van der Waals surface area contributed by atoms with E-state index in [1.54, 1.807) is 33.3 Å². The molecule has 2 aromatic heterocycles. The molecule has 1 aliphatic rings. The summed E-state index contributed by atoms with van der Waals surface area (Å²) in [6.45, 7) is 5.32. The van der Waals surface area contributed by atoms with Crippen LogP contribution in [0.4, 0.5) is 0 Å². The Labute approximate surface area is 261 Å². The summed E-state index contributed by atoms with van der Waals surface area (Å²) in [4.78, 5) is 41.7. The van der Waals surface area contributed by atoms with Crippen LogP contribution in [0.1, 0.15) is 37.8 Å². The fourth-order valence-corrected chi connectivity index (χ4v) is 6.47. The molecule has 5 aromatic rings. The van der Waals surface area contributed by atoms with Gasteiger partial charge in [-0.2, -0.15) is 5.10 Å². The molecule has 0 radical (unpaired) electrons. The number of thiazole rings is 1. The zero-order chi connectivity index (χ0) is 30.5. The molecule has 1 unspecified atom stereocenters. The molecule has 0 saturated heterocycles. The van der Waals surface area contributed by atoms with E-state index in [2.05, 4.69) is 27.2 Å². The van der Waals surface area contributed by atoms with E-state index in [9.17, 15) is 9.59 Å². The fraction of sp³-hybridized carbons (Fsp3) is 0.229. The molecule has 0 spiro atoms. The lowest BCUT2D eigenvalue weighted by atomic mass is 9.97. The van der Waals surface area contributed by atoms with Crippen LogP contribution in [-0.4, -0.2) is 53.9 Å². The van der Waals surface area contributed by atoms with E-state index < -0.39 is 6.04 Å². The van der Waals surface area contributed by atoms with Gasteiger partial charge in [0.05, 0.1) is 21.3 Å². The number of benzene rings is 3. The van der Waals surface area contributed by atoms with E-state index in [4.69, 9.17) is 0 Å². The fourth-order valence-electron chi connectivity index (χ4n) is 5.64. The van der Waals surface area contributed by atoms with Crippen LogP contribution >= 0.6 is 11.3 Å². The number of nitrogens with zero attached hydrogens (tertiary/aromatic N) is 6. The van der Waals surface area contributed by atoms with Crippen LogP contribution < -0.4 is 0 Å². The molecular formula is C35H34N6O2S. The third-order valence-corrected chi connectivity index (χ3v) is 8.99. The summed E-state index contributed by atoms with van der Waals surface area (Å²) >= 11 is 1.55. The van der Waals surface area contributed by atoms with Crippen molar-refractivity contribution in [1.82, 2.24) is 29.5 Å². The Balaban J connectivity index is 1.35. The van der Waals surface area contributed by atoms with Gasteiger partial charge < -0.3 is 9.80 Å². The summed E-state index contributed by atoms with van der Waals surface area (Å²) < 4.78 is 1.69. The van der Waals surface area contributed by atoms with Gasteiger partial charge in [-0.1, -0.05) is 66.7 Å². The van der Waals surface area contributed by atoms with E-state index in [0.29, 0.717) is 19.5 Å². The average Bonchev–Trinajstić information content (AvgIpc) is 3.71. The molecule has 3 aromatic carbocycles. The Morgan fingerprint density at radius 1 is 0.955 bits per heavy atom. The normalized spacial score (nSPS) is 13.5. The molecule has 9 heteroatoms. The topological polar surface area (TPSA) is 84.2 Å². The molecular weight excluding hydrogens is 568 g/mol. The molecule has 0 aliphatic carbocycles. The highest BCUT2D eigenvalue weighted by Gasteiger charge is 2.34. The first-order valence-corrected chi connectivity index (χ1v) is 15.5. The number of aromatic nitrogens is 4. The van der Waals surface area contributed by atoms with Crippen LogP contribution in [0.25, 0.3) is 11.8 Å². The molecule has 0 bridgehead atoms. The summed E-state index contributed by atoms with van der Waals surface area (Å²) in [5, 5.41) is 5.16. The molecule has 1 aliphatic heterocycles. The van der Waals surface area contributed by atoms with Gasteiger partial charge in [-0.3, -0.25) is 9.59 Å². The predicted molar refractivity (Wildman–Crippen MR) is 172 cm³/mol. The van der Waals surface area contributed by atoms with Crippen LogP contribution in [0.3, 0.4) is 0 Å². The van der Waals surface area contributed by atoms with E-state index in [1.807, 2.05) is 91.6 Å². The zero-order valence-corrected chi connectivity index (χ0v) is 25.7. The first kappa shape index (κ1) is 29.2. The van der Waals surface area contributed by atoms with Crippen molar-refractivity contribution in [3.8, 4) is 5.69 Å². The van der Waals surface area contributed by atoms with Gasteiger partial charge in [0.2, 0.25) is 11.8 Å². The number of fused-ring (bicyclic) bond motifs is 1. The summed E-state index contributed by atoms with van der Waals surface area (Å²) in [6.07, 6.45) is 7.75. The van der Waals surface area contributed by atoms with Crippen molar-refractivity contribution in [2.24, 2.45) is 0 Å². The molecule has 3 heterocycles. The number of amides is 2. The summed E-state index contributed by atoms with van der Waals surface area (Å²) in [5.74, 6) is -0.267. The second-order valence-electron chi connectivity index (χ2n) is 11.0. The molecule has 2 amide bonds. The van der Waals surface area contributed by atoms with Crippen LogP contribution in [0.15, 0.2) is 97.6 Å². The standard InChI is InChI=1S/C35H34N6O2S/c1-25-33(44-26(2)38-25)16-17-34(42)40(21-28-12-14-31(15-13-28)41-24-36-23-37-41)32(20-27-8-4-3-5-9-27)35(43)39-19-18-29-10-6-7-11-30(29)22-39/h3-17,23-24,32H,18-22H2,1-2H3. The number of hydrogen-bond donors (Lipinski definition) is 0. The van der Waals surface area contributed by atoms with E-state index in [1.165, 1.54) is 11.9 Å². The number of hydrogen-bond acceptors (Lipinski definition) is 6. The second-order valence-corrected chi connectivity index (χ2v) is 12.2. The maximum atomic E-state index is 14.5. The summed E-state index contributed by atoms with van der Waals surface area (Å²) in [5.41, 5.74) is 6.09. The first-order chi connectivity index (χ1) is 21.4. The monoisotopic (exact) mass is 602 g/mol. The molecule has 0 fully saturated rings. The first-order valence-electron chi connectivity index (χ1n) is 14.7. The lowest BCUT2D eigenvalue weighted by Crippen LogP contribution is -2.52.